The molecule has 1 saturated heterocycles. The summed E-state index contributed by atoms with van der Waals surface area (Å²) in [5, 5.41) is 8.47. The predicted molar refractivity (Wildman–Crippen MR) is 70.3 cm³/mol. The Kier molecular flexibility index (Phi) is 4.07. The number of hydrogen-bond donors (Lipinski definition) is 1. The lowest BCUT2D eigenvalue weighted by molar-refractivity contribution is 0.137. The van der Waals surface area contributed by atoms with Gasteiger partial charge in [0.1, 0.15) is 5.15 Å². The van der Waals surface area contributed by atoms with Crippen LogP contribution in [0.1, 0.15) is 24.6 Å². The van der Waals surface area contributed by atoms with Gasteiger partial charge in [-0.15, -0.1) is 0 Å². The summed E-state index contributed by atoms with van der Waals surface area (Å²) in [4.78, 5) is 2.51. The second kappa shape index (κ2) is 5.38. The van der Waals surface area contributed by atoms with Crippen LogP contribution < -0.4 is 5.32 Å². The molecule has 0 radical (unpaired) electrons. The van der Waals surface area contributed by atoms with Gasteiger partial charge in [-0.1, -0.05) is 18.5 Å². The molecule has 5 heteroatoms. The number of aryl methyl sites for hydroxylation is 2. The summed E-state index contributed by atoms with van der Waals surface area (Å²) in [7, 11) is 1.90. The van der Waals surface area contributed by atoms with Crippen LogP contribution in [0.5, 0.6) is 0 Å². The Balaban J connectivity index is 2.10. The van der Waals surface area contributed by atoms with E-state index in [1.807, 2.05) is 14.0 Å². The number of aromatic nitrogens is 2. The number of nitrogens with one attached hydrogen (secondary N) is 1. The molecule has 1 fully saturated rings. The standard InChI is InChI=1S/C12H21ClN4/c1-4-5-17(10-6-14-7-10)8-11-9(2)15-16(3)12(11)13/h10,14H,4-8H2,1-3H3. The number of hydrogen-bond acceptors (Lipinski definition) is 3. The number of nitrogens with zero attached hydrogens (tertiary/aromatic N) is 3. The Morgan fingerprint density at radius 3 is 2.65 bits per heavy atom. The Bertz CT molecular complexity index is 384. The molecule has 17 heavy (non-hydrogen) atoms. The second-order valence-electron chi connectivity index (χ2n) is 4.76. The van der Waals surface area contributed by atoms with E-state index in [-0.39, 0.29) is 0 Å². The molecule has 0 aromatic carbocycles. The van der Waals surface area contributed by atoms with Crippen LogP contribution in [0.4, 0.5) is 0 Å². The molecule has 0 aliphatic carbocycles. The fourth-order valence-corrected chi connectivity index (χ4v) is 2.50. The molecule has 0 amide bonds. The molecule has 96 valence electrons. The van der Waals surface area contributed by atoms with E-state index in [2.05, 4.69) is 22.2 Å². The van der Waals surface area contributed by atoms with E-state index >= 15 is 0 Å². The van der Waals surface area contributed by atoms with Gasteiger partial charge in [-0.3, -0.25) is 9.58 Å². The van der Waals surface area contributed by atoms with Crippen LogP contribution in [0.2, 0.25) is 5.15 Å². The molecule has 0 saturated carbocycles. The molecule has 0 spiro atoms. The maximum atomic E-state index is 6.28. The third-order valence-corrected chi connectivity index (χ3v) is 3.89. The predicted octanol–water partition coefficient (Wildman–Crippen LogP) is 1.57. The molecular formula is C12H21ClN4. The van der Waals surface area contributed by atoms with Crippen LogP contribution in [0.15, 0.2) is 0 Å². The van der Waals surface area contributed by atoms with Gasteiger partial charge < -0.3 is 5.32 Å². The molecule has 0 bridgehead atoms. The fraction of sp³-hybridized carbons (Fsp3) is 0.750. The quantitative estimate of drug-likeness (QED) is 0.868. The molecule has 2 heterocycles. The maximum absolute atomic E-state index is 6.28. The summed E-state index contributed by atoms with van der Waals surface area (Å²) in [6.45, 7) is 8.48. The number of rotatable bonds is 5. The van der Waals surface area contributed by atoms with Crippen LogP contribution >= 0.6 is 11.6 Å². The van der Waals surface area contributed by atoms with Crippen molar-refractivity contribution in [1.82, 2.24) is 20.0 Å². The lowest BCUT2D eigenvalue weighted by Gasteiger charge is -2.38. The minimum Gasteiger partial charge on any atom is -0.314 e. The van der Waals surface area contributed by atoms with E-state index in [9.17, 15) is 0 Å². The third-order valence-electron chi connectivity index (χ3n) is 3.42. The van der Waals surface area contributed by atoms with Crippen LogP contribution in [0.25, 0.3) is 0 Å². The summed E-state index contributed by atoms with van der Waals surface area (Å²) >= 11 is 6.28. The summed E-state index contributed by atoms with van der Waals surface area (Å²) in [5.41, 5.74) is 2.22. The Morgan fingerprint density at radius 2 is 2.24 bits per heavy atom. The molecule has 1 N–H and O–H groups in total. The van der Waals surface area contributed by atoms with Crippen molar-refractivity contribution in [2.45, 2.75) is 32.9 Å². The van der Waals surface area contributed by atoms with Crippen LogP contribution in [-0.4, -0.2) is 40.4 Å². The average molecular weight is 257 g/mol. The lowest BCUT2D eigenvalue weighted by atomic mass is 10.1. The summed E-state index contributed by atoms with van der Waals surface area (Å²) in [6.07, 6.45) is 1.17. The highest BCUT2D eigenvalue weighted by Crippen LogP contribution is 2.22. The SMILES string of the molecule is CCCN(Cc1c(C)nn(C)c1Cl)C1CNC1. The topological polar surface area (TPSA) is 33.1 Å². The number of halogens is 1. The van der Waals surface area contributed by atoms with Crippen molar-refractivity contribution < 1.29 is 0 Å². The lowest BCUT2D eigenvalue weighted by Crippen LogP contribution is -2.57. The van der Waals surface area contributed by atoms with Crippen molar-refractivity contribution in [2.24, 2.45) is 7.05 Å². The van der Waals surface area contributed by atoms with Crippen molar-refractivity contribution in [3.63, 3.8) is 0 Å². The molecule has 0 unspecified atom stereocenters. The van der Waals surface area contributed by atoms with Crippen LogP contribution in [-0.2, 0) is 13.6 Å². The minimum absolute atomic E-state index is 0.658. The minimum atomic E-state index is 0.658. The molecular weight excluding hydrogens is 236 g/mol. The van der Waals surface area contributed by atoms with E-state index in [4.69, 9.17) is 11.6 Å². The van der Waals surface area contributed by atoms with Crippen molar-refractivity contribution >= 4 is 11.6 Å². The van der Waals surface area contributed by atoms with Gasteiger partial charge in [0, 0.05) is 38.3 Å². The van der Waals surface area contributed by atoms with E-state index in [0.717, 1.165) is 37.0 Å². The van der Waals surface area contributed by atoms with E-state index in [1.54, 1.807) is 4.68 Å². The Morgan fingerprint density at radius 1 is 1.53 bits per heavy atom. The molecule has 0 atom stereocenters. The van der Waals surface area contributed by atoms with Crippen molar-refractivity contribution in [2.75, 3.05) is 19.6 Å². The van der Waals surface area contributed by atoms with Gasteiger partial charge in [0.05, 0.1) is 5.69 Å². The largest absolute Gasteiger partial charge is 0.314 e. The van der Waals surface area contributed by atoms with Gasteiger partial charge in [-0.05, 0) is 19.9 Å². The van der Waals surface area contributed by atoms with Gasteiger partial charge in [-0.25, -0.2) is 0 Å². The second-order valence-corrected chi connectivity index (χ2v) is 5.12. The fourth-order valence-electron chi connectivity index (χ4n) is 2.27. The first-order valence-corrected chi connectivity index (χ1v) is 6.64. The Labute approximate surface area is 108 Å². The zero-order valence-corrected chi connectivity index (χ0v) is 11.6. The van der Waals surface area contributed by atoms with Crippen LogP contribution in [0.3, 0.4) is 0 Å². The van der Waals surface area contributed by atoms with Crippen LogP contribution in [0, 0.1) is 6.92 Å². The molecule has 1 aliphatic rings. The molecule has 1 aliphatic heterocycles. The van der Waals surface area contributed by atoms with Gasteiger partial charge >= 0.3 is 0 Å². The maximum Gasteiger partial charge on any atom is 0.131 e. The normalized spacial score (nSPS) is 16.5. The Hall–Kier alpha value is -0.580. The van der Waals surface area contributed by atoms with Gasteiger partial charge in [0.2, 0.25) is 0 Å². The van der Waals surface area contributed by atoms with Crippen molar-refractivity contribution in [1.29, 1.82) is 0 Å². The van der Waals surface area contributed by atoms with E-state index < -0.39 is 0 Å². The first kappa shape index (κ1) is 12.9. The smallest absolute Gasteiger partial charge is 0.131 e. The van der Waals surface area contributed by atoms with Gasteiger partial charge in [0.15, 0.2) is 0 Å². The first-order chi connectivity index (χ1) is 8.13. The van der Waals surface area contributed by atoms with Crippen molar-refractivity contribution in [3.8, 4) is 0 Å². The monoisotopic (exact) mass is 256 g/mol. The van der Waals surface area contributed by atoms with Gasteiger partial charge in [0.25, 0.3) is 0 Å². The third kappa shape index (κ3) is 2.64. The zero-order chi connectivity index (χ0) is 12.4. The highest BCUT2D eigenvalue weighted by atomic mass is 35.5. The molecule has 1 aromatic rings. The highest BCUT2D eigenvalue weighted by Gasteiger charge is 2.25. The average Bonchev–Trinajstić information content (AvgIpc) is 2.43. The molecule has 4 nitrogen and oxygen atoms in total. The highest BCUT2D eigenvalue weighted by molar-refractivity contribution is 6.30. The zero-order valence-electron chi connectivity index (χ0n) is 10.8. The summed E-state index contributed by atoms with van der Waals surface area (Å²) < 4.78 is 1.76. The summed E-state index contributed by atoms with van der Waals surface area (Å²) in [5.74, 6) is 0. The molecule has 2 rings (SSSR count). The van der Waals surface area contributed by atoms with Crippen molar-refractivity contribution in [3.05, 3.63) is 16.4 Å². The van der Waals surface area contributed by atoms with E-state index in [1.165, 1.54) is 12.0 Å². The van der Waals surface area contributed by atoms with E-state index in [0.29, 0.717) is 6.04 Å². The summed E-state index contributed by atoms with van der Waals surface area (Å²) in [6, 6.07) is 0.658. The molecule has 1 aromatic heterocycles. The van der Waals surface area contributed by atoms with Gasteiger partial charge in [-0.2, -0.15) is 5.10 Å². The first-order valence-electron chi connectivity index (χ1n) is 6.26.